The minimum Gasteiger partial charge on any atom is -0.479 e. The minimum atomic E-state index is -1.92. The van der Waals surface area contributed by atoms with Crippen LogP contribution in [0.5, 0.6) is 5.75 Å². The summed E-state index contributed by atoms with van der Waals surface area (Å²) in [6.07, 6.45) is -9.55. The van der Waals surface area contributed by atoms with Crippen molar-refractivity contribution in [1.82, 2.24) is 0 Å². The third-order valence-corrected chi connectivity index (χ3v) is 8.35. The number of hydrogen-bond donors (Lipinski definition) is 6. The van der Waals surface area contributed by atoms with Gasteiger partial charge in [0.2, 0.25) is 6.29 Å². The first-order valence-corrected chi connectivity index (χ1v) is 11.4. The molecule has 9 nitrogen and oxygen atoms in total. The fourth-order valence-corrected chi connectivity index (χ4v) is 6.54. The van der Waals surface area contributed by atoms with Crippen LogP contribution in [0.4, 0.5) is 0 Å². The number of ether oxygens (including phenoxy) is 2. The molecule has 2 saturated carbocycles. The molecule has 0 aromatic heterocycles. The van der Waals surface area contributed by atoms with Crippen molar-refractivity contribution in [3.8, 4) is 5.75 Å². The zero-order valence-electron chi connectivity index (χ0n) is 21.2. The smallest absolute Gasteiger partial charge is 0.335 e. The summed E-state index contributed by atoms with van der Waals surface area (Å²) in [4.78, 5) is 11.4. The quantitative estimate of drug-likeness (QED) is 0.364. The van der Waals surface area contributed by atoms with E-state index in [1.807, 2.05) is 6.92 Å². The van der Waals surface area contributed by atoms with E-state index in [9.17, 15) is 35.4 Å². The summed E-state index contributed by atoms with van der Waals surface area (Å²) in [5.74, 6) is -1.79. The average molecular weight is 468 g/mol. The Balaban J connectivity index is 1.44. The standard InChI is InChI=1S/C24H32O9/c1-24-7-6-13-12-5-3-11(32-23-19(28)17(26)18(27)20(33-23)22(30)31)8-10(12)2-4-14(13)15(24)9-16(25)21(24)29/h3,5,8,13-21,23,25-29H,2,4,6-7,9H2,1H3,(H,30,31)/t13-,14-,15+,16-,17+,18+,19-,20+,21+,23?,24+/m1/s1/i3D,8D,21D. The molecule has 182 valence electrons. The Morgan fingerprint density at radius 3 is 2.70 bits per heavy atom. The lowest BCUT2D eigenvalue weighted by Gasteiger charge is -2.50. The van der Waals surface area contributed by atoms with Crippen molar-refractivity contribution >= 4 is 5.97 Å². The third kappa shape index (κ3) is 3.57. The van der Waals surface area contributed by atoms with Crippen LogP contribution in [0, 0.1) is 17.3 Å². The molecule has 0 radical (unpaired) electrons. The molecule has 33 heavy (non-hydrogen) atoms. The van der Waals surface area contributed by atoms with E-state index in [0.29, 0.717) is 37.7 Å². The summed E-state index contributed by atoms with van der Waals surface area (Å²) < 4.78 is 36.4. The second kappa shape index (κ2) is 8.18. The lowest BCUT2D eigenvalue weighted by molar-refractivity contribution is -0.271. The predicted molar refractivity (Wildman–Crippen MR) is 113 cm³/mol. The van der Waals surface area contributed by atoms with Crippen LogP contribution in [0.3, 0.4) is 0 Å². The monoisotopic (exact) mass is 467 g/mol. The SMILES string of the molecule is [2H]c1cc2c(c([2H])c1OC1O[C@H](C(=O)O)[C@@H](O)[C@H](O)[C@H]1O)CC[C@@H]1[C@@H]2CC[C@@]2(C)[C@H]1C[C@@H](O)[C@]2([2H])O. The number of fused-ring (bicyclic) bond motifs is 5. The highest BCUT2D eigenvalue weighted by Crippen LogP contribution is 2.61. The maximum absolute atomic E-state index is 11.4. The average Bonchev–Trinajstić information content (AvgIpc) is 3.00. The summed E-state index contributed by atoms with van der Waals surface area (Å²) in [7, 11) is 0. The van der Waals surface area contributed by atoms with Gasteiger partial charge in [0.1, 0.15) is 24.1 Å². The molecule has 0 amide bonds. The zero-order chi connectivity index (χ0) is 26.3. The van der Waals surface area contributed by atoms with Crippen LogP contribution in [-0.4, -0.2) is 79.5 Å². The number of carboxylic acid groups (broad SMARTS) is 1. The van der Waals surface area contributed by atoms with Gasteiger partial charge in [0.05, 0.1) is 16.3 Å². The van der Waals surface area contributed by atoms with Crippen molar-refractivity contribution in [3.05, 3.63) is 29.3 Å². The highest BCUT2D eigenvalue weighted by atomic mass is 16.7. The van der Waals surface area contributed by atoms with Crippen molar-refractivity contribution in [2.24, 2.45) is 17.3 Å². The summed E-state index contributed by atoms with van der Waals surface area (Å²) in [6, 6.07) is 1.34. The van der Waals surface area contributed by atoms with Gasteiger partial charge in [-0.2, -0.15) is 0 Å². The molecule has 3 fully saturated rings. The Morgan fingerprint density at radius 2 is 1.97 bits per heavy atom. The largest absolute Gasteiger partial charge is 0.479 e. The number of aliphatic hydroxyl groups is 5. The van der Waals surface area contributed by atoms with Gasteiger partial charge in [-0.1, -0.05) is 13.0 Å². The zero-order valence-corrected chi connectivity index (χ0v) is 18.2. The van der Waals surface area contributed by atoms with Crippen LogP contribution in [0.15, 0.2) is 18.2 Å². The van der Waals surface area contributed by atoms with Crippen LogP contribution in [-0.2, 0) is 16.0 Å². The molecule has 1 saturated heterocycles. The first kappa shape index (κ1) is 19.5. The van der Waals surface area contributed by atoms with Crippen molar-refractivity contribution in [3.63, 3.8) is 0 Å². The summed E-state index contributed by atoms with van der Waals surface area (Å²) >= 11 is 0. The van der Waals surface area contributed by atoms with Crippen LogP contribution in [0.1, 0.15) is 53.8 Å². The summed E-state index contributed by atoms with van der Waals surface area (Å²) in [5.41, 5.74) is 0.725. The summed E-state index contributed by atoms with van der Waals surface area (Å²) in [5, 5.41) is 60.6. The lowest BCUT2D eigenvalue weighted by atomic mass is 9.55. The molecule has 1 aromatic carbocycles. The highest BCUT2D eigenvalue weighted by molar-refractivity contribution is 5.73. The molecule has 9 heteroatoms. The van der Waals surface area contributed by atoms with E-state index in [0.717, 1.165) is 5.56 Å². The van der Waals surface area contributed by atoms with Gasteiger partial charge in [0.15, 0.2) is 6.10 Å². The van der Waals surface area contributed by atoms with Crippen molar-refractivity contribution in [1.29, 1.82) is 0 Å². The van der Waals surface area contributed by atoms with Gasteiger partial charge in [-0.25, -0.2) is 4.79 Å². The van der Waals surface area contributed by atoms with E-state index in [2.05, 4.69) is 0 Å². The van der Waals surface area contributed by atoms with Crippen molar-refractivity contribution < 1.29 is 49.0 Å². The van der Waals surface area contributed by atoms with Crippen LogP contribution in [0.2, 0.25) is 0 Å². The number of rotatable bonds is 3. The topological polar surface area (TPSA) is 157 Å². The number of hydrogen-bond acceptors (Lipinski definition) is 8. The van der Waals surface area contributed by atoms with Crippen molar-refractivity contribution in [2.45, 2.75) is 87.8 Å². The Kier molecular flexibility index (Phi) is 4.84. The number of carbonyl (C=O) groups is 1. The molecule has 1 aromatic rings. The van der Waals surface area contributed by atoms with Gasteiger partial charge in [-0.05, 0) is 78.5 Å². The van der Waals surface area contributed by atoms with Crippen LogP contribution < -0.4 is 4.74 Å². The second-order valence-corrected chi connectivity index (χ2v) is 10.0. The molecule has 5 rings (SSSR count). The van der Waals surface area contributed by atoms with Gasteiger partial charge < -0.3 is 40.1 Å². The predicted octanol–water partition coefficient (Wildman–Crippen LogP) is 0.145. The molecule has 0 spiro atoms. The van der Waals surface area contributed by atoms with Gasteiger partial charge in [0, 0.05) is 0 Å². The van der Waals surface area contributed by atoms with Crippen molar-refractivity contribution in [2.75, 3.05) is 0 Å². The first-order valence-electron chi connectivity index (χ1n) is 12.9. The Bertz CT molecular complexity index is 1070. The van der Waals surface area contributed by atoms with E-state index >= 15 is 0 Å². The Hall–Kier alpha value is -1.75. The maximum Gasteiger partial charge on any atom is 0.335 e. The molecule has 1 aliphatic heterocycles. The fourth-order valence-electron chi connectivity index (χ4n) is 6.54. The minimum absolute atomic E-state index is 0.0138. The molecular weight excluding hydrogens is 432 g/mol. The van der Waals surface area contributed by atoms with E-state index in [4.69, 9.17) is 13.6 Å². The van der Waals surface area contributed by atoms with E-state index in [1.165, 1.54) is 0 Å². The fraction of sp³-hybridized carbons (Fsp3) is 0.708. The third-order valence-electron chi connectivity index (χ3n) is 8.35. The molecule has 11 atom stereocenters. The van der Waals surface area contributed by atoms with E-state index in [-0.39, 0.29) is 35.6 Å². The van der Waals surface area contributed by atoms with E-state index < -0.39 is 54.3 Å². The molecule has 1 heterocycles. The Morgan fingerprint density at radius 1 is 1.21 bits per heavy atom. The molecular formula is C24H32O9. The number of benzene rings is 1. The van der Waals surface area contributed by atoms with Gasteiger partial charge in [0.25, 0.3) is 0 Å². The second-order valence-electron chi connectivity index (χ2n) is 10.0. The normalized spacial score (nSPS) is 50.2. The van der Waals surface area contributed by atoms with Gasteiger partial charge >= 0.3 is 5.97 Å². The number of aliphatic carboxylic acids is 1. The lowest BCUT2D eigenvalue weighted by Crippen LogP contribution is -2.61. The molecule has 4 aliphatic rings. The maximum atomic E-state index is 11.4. The summed E-state index contributed by atoms with van der Waals surface area (Å²) in [6.45, 7) is 1.86. The first-order chi connectivity index (χ1) is 16.8. The molecule has 6 N–H and O–H groups in total. The number of carboxylic acids is 1. The molecule has 0 bridgehead atoms. The van der Waals surface area contributed by atoms with E-state index in [1.54, 1.807) is 6.07 Å². The Labute approximate surface area is 195 Å². The molecule has 1 unspecified atom stereocenters. The molecule has 3 aliphatic carbocycles. The highest BCUT2D eigenvalue weighted by Gasteiger charge is 2.57. The van der Waals surface area contributed by atoms with Crippen LogP contribution in [0.25, 0.3) is 0 Å². The number of aliphatic hydroxyl groups excluding tert-OH is 4. The van der Waals surface area contributed by atoms with Crippen LogP contribution >= 0.6 is 0 Å². The van der Waals surface area contributed by atoms with Gasteiger partial charge in [-0.3, -0.25) is 0 Å². The van der Waals surface area contributed by atoms with Gasteiger partial charge in [-0.15, -0.1) is 0 Å².